The zero-order chi connectivity index (χ0) is 25.3. The number of nitrogens with zero attached hydrogens (tertiary/aromatic N) is 1. The summed E-state index contributed by atoms with van der Waals surface area (Å²) in [5.41, 5.74) is 0.930. The molecule has 0 bridgehead atoms. The fraction of sp³-hybridized carbons (Fsp3) is 0.440. The van der Waals surface area contributed by atoms with Gasteiger partial charge in [0.25, 0.3) is 5.91 Å². The number of benzene rings is 1. The van der Waals surface area contributed by atoms with Gasteiger partial charge < -0.3 is 24.3 Å². The molecule has 1 aromatic heterocycles. The molecule has 2 rings (SSSR count). The summed E-state index contributed by atoms with van der Waals surface area (Å²) in [7, 11) is 1.37. The van der Waals surface area contributed by atoms with Gasteiger partial charge in [-0.2, -0.15) is 0 Å². The Bertz CT molecular complexity index is 991. The number of ether oxygens (including phenoxy) is 4. The van der Waals surface area contributed by atoms with Crippen LogP contribution in [0.4, 0.5) is 0 Å². The molecule has 0 aliphatic heterocycles. The van der Waals surface area contributed by atoms with Crippen molar-refractivity contribution in [1.82, 2.24) is 10.3 Å². The van der Waals surface area contributed by atoms with E-state index in [0.29, 0.717) is 12.2 Å². The van der Waals surface area contributed by atoms with Gasteiger partial charge in [-0.15, -0.1) is 0 Å². The smallest absolute Gasteiger partial charge is 0.328 e. The molecule has 34 heavy (non-hydrogen) atoms. The van der Waals surface area contributed by atoms with Crippen molar-refractivity contribution in [1.29, 1.82) is 0 Å². The average Bonchev–Trinajstić information content (AvgIpc) is 2.79. The van der Waals surface area contributed by atoms with Gasteiger partial charge in [0.15, 0.2) is 11.4 Å². The second-order valence-electron chi connectivity index (χ2n) is 7.88. The summed E-state index contributed by atoms with van der Waals surface area (Å²) in [6.07, 6.45) is 1.95. The summed E-state index contributed by atoms with van der Waals surface area (Å²) < 4.78 is 21.9. The largest absolute Gasteiger partial charge is 0.493 e. The van der Waals surface area contributed by atoms with Gasteiger partial charge in [0.05, 0.1) is 7.11 Å². The van der Waals surface area contributed by atoms with E-state index in [9.17, 15) is 14.4 Å². The van der Waals surface area contributed by atoms with Crippen molar-refractivity contribution < 1.29 is 33.3 Å². The highest BCUT2D eigenvalue weighted by atomic mass is 16.6. The first-order chi connectivity index (χ1) is 16.2. The highest BCUT2D eigenvalue weighted by Gasteiger charge is 2.28. The van der Waals surface area contributed by atoms with Crippen LogP contribution in [0.5, 0.6) is 17.2 Å². The molecule has 0 radical (unpaired) electrons. The lowest BCUT2D eigenvalue weighted by atomic mass is 10.1. The SMILES string of the molecule is CCC[C@@H](Oc1ccc(C)cc1)[C@H](C)OC(=O)[C@H](C)NC(=O)c1nccc(OC)c1OC(C)=O. The highest BCUT2D eigenvalue weighted by Crippen LogP contribution is 2.29. The number of hydrogen-bond donors (Lipinski definition) is 1. The number of amides is 1. The lowest BCUT2D eigenvalue weighted by Gasteiger charge is -2.26. The first-order valence-corrected chi connectivity index (χ1v) is 11.1. The number of nitrogens with one attached hydrogen (secondary N) is 1. The van der Waals surface area contributed by atoms with Gasteiger partial charge in [0.2, 0.25) is 5.75 Å². The van der Waals surface area contributed by atoms with Crippen molar-refractivity contribution >= 4 is 17.8 Å². The molecule has 0 unspecified atom stereocenters. The van der Waals surface area contributed by atoms with E-state index in [1.807, 2.05) is 38.1 Å². The summed E-state index contributed by atoms with van der Waals surface area (Å²) in [6.45, 7) is 8.45. The van der Waals surface area contributed by atoms with E-state index in [-0.39, 0.29) is 23.3 Å². The van der Waals surface area contributed by atoms with Crippen molar-refractivity contribution in [3.05, 3.63) is 47.8 Å². The van der Waals surface area contributed by atoms with Crippen LogP contribution in [0.15, 0.2) is 36.5 Å². The van der Waals surface area contributed by atoms with Gasteiger partial charge in [-0.1, -0.05) is 31.0 Å². The monoisotopic (exact) mass is 472 g/mol. The Morgan fingerprint density at radius 3 is 2.35 bits per heavy atom. The lowest BCUT2D eigenvalue weighted by molar-refractivity contribution is -0.154. The Balaban J connectivity index is 2.06. The van der Waals surface area contributed by atoms with Crippen LogP contribution >= 0.6 is 0 Å². The molecule has 0 saturated carbocycles. The molecule has 3 atom stereocenters. The van der Waals surface area contributed by atoms with E-state index >= 15 is 0 Å². The predicted octanol–water partition coefficient (Wildman–Crippen LogP) is 3.62. The Hall–Kier alpha value is -3.62. The third kappa shape index (κ3) is 7.47. The lowest BCUT2D eigenvalue weighted by Crippen LogP contribution is -2.43. The Labute approximate surface area is 199 Å². The Kier molecular flexibility index (Phi) is 9.85. The van der Waals surface area contributed by atoms with Crippen molar-refractivity contribution in [2.45, 2.75) is 65.7 Å². The number of esters is 2. The number of hydrogen-bond acceptors (Lipinski definition) is 8. The molecule has 9 nitrogen and oxygen atoms in total. The summed E-state index contributed by atoms with van der Waals surface area (Å²) in [5.74, 6) is -1.26. The van der Waals surface area contributed by atoms with E-state index in [4.69, 9.17) is 18.9 Å². The standard InChI is InChI=1S/C25H32N2O7/c1-7-8-20(34-19-11-9-15(2)10-12-19)17(4)32-25(30)16(3)27-24(29)22-23(33-18(5)28)21(31-6)13-14-26-22/h9-14,16-17,20H,7-8H2,1-6H3,(H,27,29)/t16-,17-,20+/m0/s1. The van der Waals surface area contributed by atoms with Crippen LogP contribution < -0.4 is 19.5 Å². The molecule has 2 aromatic rings. The number of carbonyl (C=O) groups excluding carboxylic acids is 3. The zero-order valence-corrected chi connectivity index (χ0v) is 20.4. The van der Waals surface area contributed by atoms with Gasteiger partial charge in [-0.05, 0) is 39.3 Å². The van der Waals surface area contributed by atoms with E-state index in [2.05, 4.69) is 10.3 Å². The summed E-state index contributed by atoms with van der Waals surface area (Å²) in [4.78, 5) is 40.9. The van der Waals surface area contributed by atoms with Crippen molar-refractivity contribution in [2.24, 2.45) is 0 Å². The van der Waals surface area contributed by atoms with Gasteiger partial charge >= 0.3 is 11.9 Å². The average molecular weight is 473 g/mol. The van der Waals surface area contributed by atoms with Gasteiger partial charge in [0, 0.05) is 19.2 Å². The highest BCUT2D eigenvalue weighted by molar-refractivity contribution is 5.98. The molecule has 0 aliphatic rings. The number of rotatable bonds is 11. The van der Waals surface area contributed by atoms with E-state index < -0.39 is 30.0 Å². The van der Waals surface area contributed by atoms with Crippen LogP contribution in [0.25, 0.3) is 0 Å². The third-order valence-electron chi connectivity index (χ3n) is 4.96. The summed E-state index contributed by atoms with van der Waals surface area (Å²) in [6, 6.07) is 8.10. The number of aromatic nitrogens is 1. The van der Waals surface area contributed by atoms with Crippen LogP contribution in [0, 0.1) is 6.92 Å². The summed E-state index contributed by atoms with van der Waals surface area (Å²) >= 11 is 0. The predicted molar refractivity (Wildman–Crippen MR) is 125 cm³/mol. The summed E-state index contributed by atoms with van der Waals surface area (Å²) in [5, 5.41) is 2.53. The molecule has 0 aliphatic carbocycles. The quantitative estimate of drug-likeness (QED) is 0.494. The molecule has 0 fully saturated rings. The van der Waals surface area contributed by atoms with Crippen molar-refractivity contribution in [3.8, 4) is 17.2 Å². The fourth-order valence-electron chi connectivity index (χ4n) is 3.15. The third-order valence-corrected chi connectivity index (χ3v) is 4.96. The number of carbonyl (C=O) groups is 3. The fourth-order valence-corrected chi connectivity index (χ4v) is 3.15. The van der Waals surface area contributed by atoms with E-state index in [1.165, 1.54) is 33.2 Å². The van der Waals surface area contributed by atoms with Crippen LogP contribution in [-0.4, -0.2) is 48.2 Å². The molecule has 9 heteroatoms. The first kappa shape index (κ1) is 26.6. The maximum Gasteiger partial charge on any atom is 0.328 e. The molecular formula is C25H32N2O7. The topological polar surface area (TPSA) is 113 Å². The van der Waals surface area contributed by atoms with Crippen LogP contribution in [0.3, 0.4) is 0 Å². The molecule has 1 N–H and O–H groups in total. The van der Waals surface area contributed by atoms with E-state index in [1.54, 1.807) is 6.92 Å². The Morgan fingerprint density at radius 1 is 1.09 bits per heavy atom. The molecule has 184 valence electrons. The molecule has 1 amide bonds. The van der Waals surface area contributed by atoms with Gasteiger partial charge in [-0.25, -0.2) is 9.78 Å². The second kappa shape index (κ2) is 12.6. The van der Waals surface area contributed by atoms with Gasteiger partial charge in [0.1, 0.15) is 24.0 Å². The minimum atomic E-state index is -0.991. The maximum atomic E-state index is 12.8. The number of pyridine rings is 1. The van der Waals surface area contributed by atoms with Crippen molar-refractivity contribution in [2.75, 3.05) is 7.11 Å². The normalized spacial score (nSPS) is 13.2. The number of aryl methyl sites for hydroxylation is 1. The zero-order valence-electron chi connectivity index (χ0n) is 20.4. The molecule has 1 heterocycles. The minimum Gasteiger partial charge on any atom is -0.493 e. The first-order valence-electron chi connectivity index (χ1n) is 11.1. The van der Waals surface area contributed by atoms with Crippen LogP contribution in [0.1, 0.15) is 56.6 Å². The second-order valence-corrected chi connectivity index (χ2v) is 7.88. The van der Waals surface area contributed by atoms with E-state index in [0.717, 1.165) is 12.0 Å². The van der Waals surface area contributed by atoms with Crippen molar-refractivity contribution in [3.63, 3.8) is 0 Å². The molecule has 1 aromatic carbocycles. The molecule has 0 spiro atoms. The maximum absolute atomic E-state index is 12.8. The minimum absolute atomic E-state index is 0.126. The van der Waals surface area contributed by atoms with Gasteiger partial charge in [-0.3, -0.25) is 9.59 Å². The Morgan fingerprint density at radius 2 is 1.76 bits per heavy atom. The van der Waals surface area contributed by atoms with Crippen LogP contribution in [0.2, 0.25) is 0 Å². The molecular weight excluding hydrogens is 440 g/mol. The van der Waals surface area contributed by atoms with Crippen LogP contribution in [-0.2, 0) is 14.3 Å². The number of methoxy groups -OCH3 is 1. The molecule has 0 saturated heterocycles.